The van der Waals surface area contributed by atoms with Crippen molar-refractivity contribution < 1.29 is 9.31 Å². The van der Waals surface area contributed by atoms with Gasteiger partial charge in [0.15, 0.2) is 18.8 Å². The molecule has 4 aromatic rings. The fourth-order valence-corrected chi connectivity index (χ4v) is 5.20. The highest BCUT2D eigenvalue weighted by Crippen LogP contribution is 2.35. The fourth-order valence-electron chi connectivity index (χ4n) is 5.20. The Labute approximate surface area is 203 Å². The topological polar surface area (TPSA) is 12.2 Å². The van der Waals surface area contributed by atoms with E-state index < -0.39 is 0 Å². The maximum atomic E-state index is 5.55. The van der Waals surface area contributed by atoms with Crippen molar-refractivity contribution >= 4 is 5.71 Å². The van der Waals surface area contributed by atoms with Crippen LogP contribution in [0.1, 0.15) is 40.2 Å². The van der Waals surface area contributed by atoms with E-state index in [0.29, 0.717) is 5.92 Å². The van der Waals surface area contributed by atoms with Crippen LogP contribution in [0, 0.1) is 0 Å². The summed E-state index contributed by atoms with van der Waals surface area (Å²) in [5, 5.41) is 0. The van der Waals surface area contributed by atoms with Crippen molar-refractivity contribution in [3.63, 3.8) is 0 Å². The molecule has 0 N–H and O–H groups in total. The molecule has 0 spiro atoms. The highest BCUT2D eigenvalue weighted by molar-refractivity contribution is 5.89. The monoisotopic (exact) mass is 446 g/mol. The summed E-state index contributed by atoms with van der Waals surface area (Å²) in [5.74, 6) is 1.30. The zero-order valence-corrected chi connectivity index (χ0v) is 19.9. The van der Waals surface area contributed by atoms with E-state index in [1.807, 2.05) is 0 Å². The number of benzene rings is 4. The van der Waals surface area contributed by atoms with Crippen molar-refractivity contribution in [3.8, 4) is 5.75 Å². The summed E-state index contributed by atoms with van der Waals surface area (Å²) in [6.07, 6.45) is 3.13. The fraction of sp³-hybridized carbons (Fsp3) is 0.219. The molecule has 5 rings (SSSR count). The summed E-state index contributed by atoms with van der Waals surface area (Å²) in [5.41, 5.74) is 8.48. The number of ether oxygens (including phenoxy) is 1. The lowest BCUT2D eigenvalue weighted by molar-refractivity contribution is -0.562. The molecule has 1 atom stereocenters. The Morgan fingerprint density at radius 2 is 1.24 bits per heavy atom. The summed E-state index contributed by atoms with van der Waals surface area (Å²) >= 11 is 0. The molecule has 4 aromatic carbocycles. The second-order valence-electron chi connectivity index (χ2n) is 9.13. The molecule has 0 aromatic heterocycles. The van der Waals surface area contributed by atoms with Gasteiger partial charge in [-0.25, -0.2) is 4.58 Å². The van der Waals surface area contributed by atoms with Crippen LogP contribution in [0.4, 0.5) is 0 Å². The lowest BCUT2D eigenvalue weighted by atomic mass is 9.77. The summed E-state index contributed by atoms with van der Waals surface area (Å²) in [6.45, 7) is 1.84. The number of hydrogen-bond acceptors (Lipinski definition) is 1. The quantitative estimate of drug-likeness (QED) is 0.284. The number of methoxy groups -OCH3 is 1. The van der Waals surface area contributed by atoms with Gasteiger partial charge in [0.2, 0.25) is 0 Å². The van der Waals surface area contributed by atoms with Crippen molar-refractivity contribution in [1.29, 1.82) is 0 Å². The number of aryl methyl sites for hydroxylation is 1. The van der Waals surface area contributed by atoms with Crippen LogP contribution in [0.15, 0.2) is 109 Å². The number of rotatable bonds is 7. The third kappa shape index (κ3) is 5.12. The molecular formula is C32H32NO+. The van der Waals surface area contributed by atoms with Gasteiger partial charge in [0.05, 0.1) is 13.0 Å². The zero-order chi connectivity index (χ0) is 23.2. The SMILES string of the molecule is COc1ccc2c(c1)CCC(=[N+](Cc1ccccc1)Cc1ccccc1)C2Cc1ccccc1. The van der Waals surface area contributed by atoms with E-state index in [1.165, 1.54) is 33.5 Å². The van der Waals surface area contributed by atoms with Gasteiger partial charge in [-0.2, -0.15) is 0 Å². The van der Waals surface area contributed by atoms with Crippen molar-refractivity contribution in [1.82, 2.24) is 0 Å². The Hall–Kier alpha value is -3.65. The zero-order valence-electron chi connectivity index (χ0n) is 19.9. The average Bonchev–Trinajstić information content (AvgIpc) is 2.90. The molecule has 0 saturated heterocycles. The first kappa shape index (κ1) is 22.2. The second kappa shape index (κ2) is 10.5. The van der Waals surface area contributed by atoms with E-state index in [9.17, 15) is 0 Å². The highest BCUT2D eigenvalue weighted by Gasteiger charge is 2.33. The van der Waals surface area contributed by atoms with Crippen molar-refractivity contribution in [2.75, 3.05) is 7.11 Å². The Morgan fingerprint density at radius 3 is 1.79 bits per heavy atom. The Bertz CT molecular complexity index is 1200. The molecule has 0 saturated carbocycles. The third-order valence-electron chi connectivity index (χ3n) is 6.90. The minimum Gasteiger partial charge on any atom is -0.497 e. The van der Waals surface area contributed by atoms with Gasteiger partial charge in [0, 0.05) is 17.5 Å². The van der Waals surface area contributed by atoms with Crippen molar-refractivity contribution in [3.05, 3.63) is 137 Å². The molecule has 0 aliphatic heterocycles. The van der Waals surface area contributed by atoms with E-state index >= 15 is 0 Å². The summed E-state index contributed by atoms with van der Waals surface area (Å²) in [4.78, 5) is 0. The minimum absolute atomic E-state index is 0.351. The molecule has 0 bridgehead atoms. The van der Waals surface area contributed by atoms with E-state index in [-0.39, 0.29) is 0 Å². The van der Waals surface area contributed by atoms with Gasteiger partial charge in [-0.1, -0.05) is 97.1 Å². The van der Waals surface area contributed by atoms with Gasteiger partial charge < -0.3 is 4.74 Å². The maximum Gasteiger partial charge on any atom is 0.168 e. The van der Waals surface area contributed by atoms with Crippen LogP contribution >= 0.6 is 0 Å². The molecule has 1 aliphatic rings. The van der Waals surface area contributed by atoms with E-state index in [4.69, 9.17) is 4.74 Å². The van der Waals surface area contributed by atoms with Crippen LogP contribution in [0.25, 0.3) is 0 Å². The van der Waals surface area contributed by atoms with Gasteiger partial charge in [-0.3, -0.25) is 0 Å². The molecule has 0 amide bonds. The summed E-state index contributed by atoms with van der Waals surface area (Å²) < 4.78 is 8.18. The Balaban J connectivity index is 1.61. The van der Waals surface area contributed by atoms with Crippen LogP contribution in [0.2, 0.25) is 0 Å². The van der Waals surface area contributed by atoms with E-state index in [2.05, 4.69) is 114 Å². The van der Waals surface area contributed by atoms with E-state index in [0.717, 1.165) is 38.1 Å². The highest BCUT2D eigenvalue weighted by atomic mass is 16.5. The van der Waals surface area contributed by atoms with Gasteiger partial charge in [0.25, 0.3) is 0 Å². The lowest BCUT2D eigenvalue weighted by Crippen LogP contribution is -2.32. The molecule has 0 heterocycles. The van der Waals surface area contributed by atoms with Gasteiger partial charge in [0.1, 0.15) is 5.75 Å². The molecular weight excluding hydrogens is 414 g/mol. The average molecular weight is 447 g/mol. The minimum atomic E-state index is 0.351. The second-order valence-corrected chi connectivity index (χ2v) is 9.13. The van der Waals surface area contributed by atoms with Crippen LogP contribution in [0.3, 0.4) is 0 Å². The first-order valence-corrected chi connectivity index (χ1v) is 12.2. The standard InChI is InChI=1S/C32H32NO/c1-34-29-18-19-30-28(22-29)17-20-32(31(30)21-25-11-5-2-6-12-25)33(23-26-13-7-3-8-14-26)24-27-15-9-4-10-16-27/h2-16,18-19,22,31H,17,20-21,23-24H2,1H3/q+1. The smallest absolute Gasteiger partial charge is 0.168 e. The Kier molecular flexibility index (Phi) is 6.86. The van der Waals surface area contributed by atoms with Gasteiger partial charge in [-0.05, 0) is 41.7 Å². The van der Waals surface area contributed by atoms with Crippen LogP contribution in [-0.2, 0) is 25.9 Å². The normalized spacial score (nSPS) is 15.0. The molecule has 2 heteroatoms. The first-order chi connectivity index (χ1) is 16.8. The molecule has 1 aliphatic carbocycles. The molecule has 170 valence electrons. The Morgan fingerprint density at radius 1 is 0.676 bits per heavy atom. The molecule has 1 unspecified atom stereocenters. The summed E-state index contributed by atoms with van der Waals surface area (Å²) in [7, 11) is 1.75. The molecule has 0 fully saturated rings. The van der Waals surface area contributed by atoms with Gasteiger partial charge >= 0.3 is 0 Å². The lowest BCUT2D eigenvalue weighted by Gasteiger charge is -2.27. The number of nitrogens with zero attached hydrogens (tertiary/aromatic N) is 1. The van der Waals surface area contributed by atoms with E-state index in [1.54, 1.807) is 7.11 Å². The number of fused-ring (bicyclic) bond motifs is 1. The third-order valence-corrected chi connectivity index (χ3v) is 6.90. The van der Waals surface area contributed by atoms with Crippen molar-refractivity contribution in [2.45, 2.75) is 38.3 Å². The largest absolute Gasteiger partial charge is 0.497 e. The molecule has 2 nitrogen and oxygen atoms in total. The predicted octanol–water partition coefficient (Wildman–Crippen LogP) is 6.82. The van der Waals surface area contributed by atoms with Crippen LogP contribution in [0.5, 0.6) is 5.75 Å². The van der Waals surface area contributed by atoms with Gasteiger partial charge in [-0.15, -0.1) is 0 Å². The van der Waals surface area contributed by atoms with Crippen LogP contribution < -0.4 is 4.74 Å². The van der Waals surface area contributed by atoms with Crippen LogP contribution in [-0.4, -0.2) is 17.4 Å². The summed E-state index contributed by atoms with van der Waals surface area (Å²) in [6, 6.07) is 39.3. The molecule has 0 radical (unpaired) electrons. The predicted molar refractivity (Wildman–Crippen MR) is 140 cm³/mol. The van der Waals surface area contributed by atoms with Crippen molar-refractivity contribution in [2.24, 2.45) is 0 Å². The molecule has 34 heavy (non-hydrogen) atoms. The first-order valence-electron chi connectivity index (χ1n) is 12.2. The number of hydrogen-bond donors (Lipinski definition) is 0. The maximum absolute atomic E-state index is 5.55.